The molecule has 0 aromatic carbocycles. The summed E-state index contributed by atoms with van der Waals surface area (Å²) in [4.78, 5) is 0. The van der Waals surface area contributed by atoms with E-state index in [9.17, 15) is 5.11 Å². The summed E-state index contributed by atoms with van der Waals surface area (Å²) in [6, 6.07) is 0. The first kappa shape index (κ1) is 14.7. The van der Waals surface area contributed by atoms with Gasteiger partial charge in [0.1, 0.15) is 0 Å². The van der Waals surface area contributed by atoms with E-state index in [1.165, 1.54) is 38.5 Å². The lowest BCUT2D eigenvalue weighted by atomic mass is 9.47. The Morgan fingerprint density at radius 3 is 2.68 bits per heavy atom. The van der Waals surface area contributed by atoms with Gasteiger partial charge in [0, 0.05) is 0 Å². The summed E-state index contributed by atoms with van der Waals surface area (Å²) >= 11 is 0. The second-order valence-corrected chi connectivity index (χ2v) is 8.76. The van der Waals surface area contributed by atoms with Crippen molar-refractivity contribution in [2.75, 3.05) is 0 Å². The summed E-state index contributed by atoms with van der Waals surface area (Å²) in [6.45, 7) is 4.86. The zero-order valence-electron chi connectivity index (χ0n) is 14.0. The second-order valence-electron chi connectivity index (χ2n) is 8.76. The summed E-state index contributed by atoms with van der Waals surface area (Å²) in [5.74, 6) is 7.87. The molecule has 4 aliphatic rings. The number of rotatable bonds is 0. The maximum absolute atomic E-state index is 10.5. The van der Waals surface area contributed by atoms with Crippen LogP contribution < -0.4 is 5.84 Å². The highest BCUT2D eigenvalue weighted by Crippen LogP contribution is 2.65. The van der Waals surface area contributed by atoms with E-state index in [0.29, 0.717) is 5.41 Å². The predicted molar refractivity (Wildman–Crippen MR) is 89.3 cm³/mol. The fourth-order valence-corrected chi connectivity index (χ4v) is 6.65. The molecule has 3 saturated carbocycles. The average molecular weight is 302 g/mol. The molecule has 0 radical (unpaired) electrons. The zero-order valence-corrected chi connectivity index (χ0v) is 14.0. The number of hydrazone groups is 1. The van der Waals surface area contributed by atoms with Crippen molar-refractivity contribution in [3.63, 3.8) is 0 Å². The van der Waals surface area contributed by atoms with Gasteiger partial charge in [-0.05, 0) is 86.0 Å². The molecule has 0 spiro atoms. The highest BCUT2D eigenvalue weighted by molar-refractivity contribution is 5.96. The molecular formula is C19H30N2O. The van der Waals surface area contributed by atoms with E-state index >= 15 is 0 Å². The minimum atomic E-state index is -0.0643. The van der Waals surface area contributed by atoms with Crippen LogP contribution in [0, 0.1) is 28.6 Å². The Labute approximate surface area is 134 Å². The minimum Gasteiger partial charge on any atom is -0.393 e. The largest absolute Gasteiger partial charge is 0.393 e. The number of allylic oxidation sites excluding steroid dienone is 2. The van der Waals surface area contributed by atoms with Crippen molar-refractivity contribution in [2.24, 2.45) is 39.5 Å². The summed E-state index contributed by atoms with van der Waals surface area (Å²) in [7, 11) is 0. The van der Waals surface area contributed by atoms with Crippen molar-refractivity contribution < 1.29 is 5.11 Å². The van der Waals surface area contributed by atoms with Crippen molar-refractivity contribution in [1.29, 1.82) is 0 Å². The van der Waals surface area contributed by atoms with Crippen LogP contribution in [-0.4, -0.2) is 16.9 Å². The molecule has 3 fully saturated rings. The van der Waals surface area contributed by atoms with Crippen LogP contribution in [0.5, 0.6) is 0 Å². The second kappa shape index (κ2) is 4.83. The van der Waals surface area contributed by atoms with Crippen molar-refractivity contribution in [3.8, 4) is 0 Å². The SMILES string of the molecule is C[C@]12CC[C@H]3[C@@H](CCC4=CC(=NN)CC[C@@]43C)[C@@H]1CC[C@@H]2O. The molecule has 3 N–H and O–H groups in total. The van der Waals surface area contributed by atoms with Gasteiger partial charge < -0.3 is 10.9 Å². The van der Waals surface area contributed by atoms with Gasteiger partial charge in [-0.25, -0.2) is 0 Å². The molecular weight excluding hydrogens is 272 g/mol. The molecule has 6 atom stereocenters. The summed E-state index contributed by atoms with van der Waals surface area (Å²) in [5, 5.41) is 14.5. The van der Waals surface area contributed by atoms with Gasteiger partial charge in [0.15, 0.2) is 0 Å². The lowest BCUT2D eigenvalue weighted by molar-refractivity contribution is -0.0721. The molecule has 0 heterocycles. The molecule has 122 valence electrons. The van der Waals surface area contributed by atoms with Crippen molar-refractivity contribution >= 4 is 5.71 Å². The van der Waals surface area contributed by atoms with Crippen LogP contribution >= 0.6 is 0 Å². The van der Waals surface area contributed by atoms with Crippen LogP contribution in [0.1, 0.15) is 65.2 Å². The van der Waals surface area contributed by atoms with Gasteiger partial charge in [0.05, 0.1) is 11.8 Å². The quantitative estimate of drug-likeness (QED) is 0.530. The maximum Gasteiger partial charge on any atom is 0.0600 e. The van der Waals surface area contributed by atoms with Gasteiger partial charge in [-0.2, -0.15) is 5.10 Å². The Balaban J connectivity index is 1.68. The van der Waals surface area contributed by atoms with E-state index < -0.39 is 0 Å². The van der Waals surface area contributed by atoms with E-state index in [1.54, 1.807) is 5.57 Å². The van der Waals surface area contributed by atoms with Gasteiger partial charge in [0.2, 0.25) is 0 Å². The molecule has 0 aromatic heterocycles. The molecule has 0 aromatic rings. The van der Waals surface area contributed by atoms with E-state index in [-0.39, 0.29) is 11.5 Å². The zero-order chi connectivity index (χ0) is 15.5. The smallest absolute Gasteiger partial charge is 0.0600 e. The first-order valence-electron chi connectivity index (χ1n) is 9.15. The van der Waals surface area contributed by atoms with Gasteiger partial charge in [-0.3, -0.25) is 0 Å². The Morgan fingerprint density at radius 1 is 1.09 bits per heavy atom. The first-order valence-corrected chi connectivity index (χ1v) is 9.15. The number of fused-ring (bicyclic) bond motifs is 5. The predicted octanol–water partition coefficient (Wildman–Crippen LogP) is 3.62. The van der Waals surface area contributed by atoms with Gasteiger partial charge in [-0.15, -0.1) is 0 Å². The van der Waals surface area contributed by atoms with Crippen molar-refractivity contribution in [1.82, 2.24) is 0 Å². The monoisotopic (exact) mass is 302 g/mol. The fourth-order valence-electron chi connectivity index (χ4n) is 6.65. The van der Waals surface area contributed by atoms with Crippen LogP contribution in [0.25, 0.3) is 0 Å². The molecule has 3 nitrogen and oxygen atoms in total. The molecule has 0 unspecified atom stereocenters. The third-order valence-corrected chi connectivity index (χ3v) is 8.09. The standard InChI is InChI=1S/C19H30N2O/c1-18-9-7-13(21-20)11-12(18)3-4-14-15-5-6-17(22)19(15,2)10-8-16(14)18/h11,14-17,22H,3-10,20H2,1-2H3/t14-,15-,16-,17-,18-,19-/m0/s1. The Hall–Kier alpha value is -0.830. The van der Waals surface area contributed by atoms with E-state index in [4.69, 9.17) is 5.84 Å². The van der Waals surface area contributed by atoms with E-state index in [1.807, 2.05) is 0 Å². The Bertz CT molecular complexity index is 540. The van der Waals surface area contributed by atoms with Gasteiger partial charge in [0.25, 0.3) is 0 Å². The highest BCUT2D eigenvalue weighted by Gasteiger charge is 2.58. The summed E-state index contributed by atoms with van der Waals surface area (Å²) in [6.07, 6.45) is 11.8. The van der Waals surface area contributed by atoms with Crippen LogP contribution in [0.4, 0.5) is 0 Å². The number of aliphatic hydroxyl groups is 1. The Morgan fingerprint density at radius 2 is 1.91 bits per heavy atom. The average Bonchev–Trinajstić information content (AvgIpc) is 2.82. The molecule has 4 aliphatic carbocycles. The number of hydrogen-bond acceptors (Lipinski definition) is 3. The number of nitrogens with two attached hydrogens (primary N) is 1. The molecule has 4 rings (SSSR count). The van der Waals surface area contributed by atoms with Crippen LogP contribution in [0.2, 0.25) is 0 Å². The topological polar surface area (TPSA) is 58.6 Å². The van der Waals surface area contributed by atoms with Gasteiger partial charge >= 0.3 is 0 Å². The number of aliphatic hydroxyl groups excluding tert-OH is 1. The highest BCUT2D eigenvalue weighted by atomic mass is 16.3. The fraction of sp³-hybridized carbons (Fsp3) is 0.842. The molecule has 0 aliphatic heterocycles. The third kappa shape index (κ3) is 1.81. The molecule has 0 amide bonds. The van der Waals surface area contributed by atoms with Crippen LogP contribution in [0.15, 0.2) is 16.8 Å². The lowest BCUT2D eigenvalue weighted by Gasteiger charge is -2.57. The third-order valence-electron chi connectivity index (χ3n) is 8.09. The van der Waals surface area contributed by atoms with E-state index in [0.717, 1.165) is 36.3 Å². The van der Waals surface area contributed by atoms with Crippen LogP contribution in [-0.2, 0) is 0 Å². The molecule has 0 bridgehead atoms. The van der Waals surface area contributed by atoms with Crippen LogP contribution in [0.3, 0.4) is 0 Å². The lowest BCUT2D eigenvalue weighted by Crippen LogP contribution is -2.51. The number of hydrogen-bond donors (Lipinski definition) is 2. The van der Waals surface area contributed by atoms with Crippen molar-refractivity contribution in [2.45, 2.75) is 71.3 Å². The number of nitrogens with zero attached hydrogens (tertiary/aromatic N) is 1. The summed E-state index contributed by atoms with van der Waals surface area (Å²) < 4.78 is 0. The Kier molecular flexibility index (Phi) is 3.24. The van der Waals surface area contributed by atoms with E-state index in [2.05, 4.69) is 25.0 Å². The molecule has 3 heteroatoms. The molecule has 0 saturated heterocycles. The van der Waals surface area contributed by atoms with Crippen molar-refractivity contribution in [3.05, 3.63) is 11.6 Å². The normalized spacial score (nSPS) is 52.7. The molecule has 22 heavy (non-hydrogen) atoms. The first-order chi connectivity index (χ1) is 10.5. The van der Waals surface area contributed by atoms with Gasteiger partial charge in [-0.1, -0.05) is 19.4 Å². The summed E-state index contributed by atoms with van der Waals surface area (Å²) in [5.41, 5.74) is 3.23. The minimum absolute atomic E-state index is 0.0643. The maximum atomic E-state index is 10.5.